The molecule has 3 fully saturated rings. The molecule has 110 valence electrons. The van der Waals surface area contributed by atoms with Gasteiger partial charge in [0.05, 0.1) is 5.25 Å². The van der Waals surface area contributed by atoms with Crippen LogP contribution in [0.25, 0.3) is 0 Å². The van der Waals surface area contributed by atoms with Crippen molar-refractivity contribution >= 4 is 9.84 Å². The molecule has 2 saturated heterocycles. The number of piperidine rings is 1. The number of alkyl halides is 1. The van der Waals surface area contributed by atoms with Gasteiger partial charge < -0.3 is 5.32 Å². The first kappa shape index (κ1) is 13.8. The summed E-state index contributed by atoms with van der Waals surface area (Å²) < 4.78 is 38.8. The highest BCUT2D eigenvalue weighted by molar-refractivity contribution is 7.91. The maximum Gasteiger partial charge on any atom is 0.150 e. The zero-order valence-corrected chi connectivity index (χ0v) is 12.4. The highest BCUT2D eigenvalue weighted by Gasteiger charge is 2.50. The molecule has 3 rings (SSSR count). The lowest BCUT2D eigenvalue weighted by molar-refractivity contribution is 0.00921. The van der Waals surface area contributed by atoms with E-state index >= 15 is 4.39 Å². The van der Waals surface area contributed by atoms with Crippen molar-refractivity contribution < 1.29 is 12.8 Å². The molecular formula is C14H24FNO2S. The minimum absolute atomic E-state index is 0.0498. The van der Waals surface area contributed by atoms with E-state index in [0.29, 0.717) is 31.3 Å². The fraction of sp³-hybridized carbons (Fsp3) is 1.00. The van der Waals surface area contributed by atoms with Crippen LogP contribution in [0.3, 0.4) is 0 Å². The summed E-state index contributed by atoms with van der Waals surface area (Å²) >= 11 is 0. The molecule has 2 bridgehead atoms. The first-order chi connectivity index (χ1) is 8.87. The predicted octanol–water partition coefficient (Wildman–Crippen LogP) is 2.21. The van der Waals surface area contributed by atoms with E-state index in [4.69, 9.17) is 0 Å². The summed E-state index contributed by atoms with van der Waals surface area (Å²) in [5.74, 6) is -0.0498. The SMILES string of the molecule is CS(=O)(=O)C1CCCC(C2(F)CC3CCC(C2)N3)C1. The minimum Gasteiger partial charge on any atom is -0.311 e. The van der Waals surface area contributed by atoms with Crippen LogP contribution in [0.2, 0.25) is 0 Å². The summed E-state index contributed by atoms with van der Waals surface area (Å²) in [6.45, 7) is 0. The van der Waals surface area contributed by atoms with Crippen LogP contribution in [0.5, 0.6) is 0 Å². The van der Waals surface area contributed by atoms with Crippen molar-refractivity contribution in [3.63, 3.8) is 0 Å². The summed E-state index contributed by atoms with van der Waals surface area (Å²) in [5.41, 5.74) is -1.12. The fourth-order valence-electron chi connectivity index (χ4n) is 4.46. The van der Waals surface area contributed by atoms with E-state index in [1.807, 2.05) is 0 Å². The predicted molar refractivity (Wildman–Crippen MR) is 73.6 cm³/mol. The summed E-state index contributed by atoms with van der Waals surface area (Å²) in [6.07, 6.45) is 7.62. The zero-order chi connectivity index (χ0) is 13.7. The average Bonchev–Trinajstić information content (AvgIpc) is 2.68. The van der Waals surface area contributed by atoms with Gasteiger partial charge in [-0.05, 0) is 50.9 Å². The number of halogens is 1. The summed E-state index contributed by atoms with van der Waals surface area (Å²) in [4.78, 5) is 0. The van der Waals surface area contributed by atoms with Crippen LogP contribution in [0.4, 0.5) is 4.39 Å². The highest BCUT2D eigenvalue weighted by Crippen LogP contribution is 2.47. The van der Waals surface area contributed by atoms with Crippen LogP contribution < -0.4 is 5.32 Å². The number of sulfone groups is 1. The van der Waals surface area contributed by atoms with Gasteiger partial charge in [-0.15, -0.1) is 0 Å². The molecule has 1 N–H and O–H groups in total. The first-order valence-corrected chi connectivity index (χ1v) is 9.46. The second-order valence-corrected chi connectivity index (χ2v) is 9.22. The van der Waals surface area contributed by atoms with E-state index in [9.17, 15) is 8.42 Å². The Kier molecular flexibility index (Phi) is 3.41. The molecule has 4 unspecified atom stereocenters. The van der Waals surface area contributed by atoms with Crippen LogP contribution in [0, 0.1) is 5.92 Å². The van der Waals surface area contributed by atoms with E-state index in [2.05, 4.69) is 5.32 Å². The molecule has 0 amide bonds. The monoisotopic (exact) mass is 289 g/mol. The second kappa shape index (κ2) is 4.69. The Labute approximate surface area is 115 Å². The Morgan fingerprint density at radius 2 is 1.74 bits per heavy atom. The Bertz CT molecular complexity index is 438. The van der Waals surface area contributed by atoms with Gasteiger partial charge in [0.25, 0.3) is 0 Å². The first-order valence-electron chi connectivity index (χ1n) is 7.51. The van der Waals surface area contributed by atoms with E-state index in [1.54, 1.807) is 0 Å². The summed E-state index contributed by atoms with van der Waals surface area (Å²) in [6, 6.07) is 0.643. The van der Waals surface area contributed by atoms with Crippen molar-refractivity contribution in [3.8, 4) is 0 Å². The van der Waals surface area contributed by atoms with Crippen molar-refractivity contribution in [1.29, 1.82) is 0 Å². The lowest BCUT2D eigenvalue weighted by Crippen LogP contribution is -2.51. The third-order valence-electron chi connectivity index (χ3n) is 5.47. The van der Waals surface area contributed by atoms with Gasteiger partial charge in [0, 0.05) is 18.3 Å². The third kappa shape index (κ3) is 2.68. The quantitative estimate of drug-likeness (QED) is 0.848. The van der Waals surface area contributed by atoms with Crippen LogP contribution in [0.15, 0.2) is 0 Å². The Morgan fingerprint density at radius 3 is 2.32 bits per heavy atom. The average molecular weight is 289 g/mol. The molecule has 2 heterocycles. The molecule has 3 aliphatic rings. The molecule has 5 heteroatoms. The van der Waals surface area contributed by atoms with Gasteiger partial charge in [0.15, 0.2) is 0 Å². The molecular weight excluding hydrogens is 265 g/mol. The van der Waals surface area contributed by atoms with E-state index in [0.717, 1.165) is 32.1 Å². The number of hydrogen-bond acceptors (Lipinski definition) is 3. The summed E-state index contributed by atoms with van der Waals surface area (Å²) in [7, 11) is -3.02. The molecule has 0 aromatic heterocycles. The smallest absolute Gasteiger partial charge is 0.150 e. The van der Waals surface area contributed by atoms with Gasteiger partial charge in [0.2, 0.25) is 0 Å². The number of rotatable bonds is 2. The van der Waals surface area contributed by atoms with Gasteiger partial charge in [0.1, 0.15) is 15.5 Å². The molecule has 19 heavy (non-hydrogen) atoms. The van der Waals surface area contributed by atoms with E-state index < -0.39 is 15.5 Å². The molecule has 2 aliphatic heterocycles. The maximum atomic E-state index is 15.3. The van der Waals surface area contributed by atoms with E-state index in [-0.39, 0.29) is 11.2 Å². The fourth-order valence-corrected chi connectivity index (χ4v) is 5.64. The van der Waals surface area contributed by atoms with Gasteiger partial charge >= 0.3 is 0 Å². The van der Waals surface area contributed by atoms with Gasteiger partial charge in [-0.2, -0.15) is 0 Å². The molecule has 1 aliphatic carbocycles. The maximum absolute atomic E-state index is 15.3. The lowest BCUT2D eigenvalue weighted by Gasteiger charge is -2.43. The molecule has 3 nitrogen and oxygen atoms in total. The Balaban J connectivity index is 1.74. The molecule has 1 saturated carbocycles. The number of fused-ring (bicyclic) bond motifs is 2. The zero-order valence-electron chi connectivity index (χ0n) is 11.6. The van der Waals surface area contributed by atoms with Crippen molar-refractivity contribution in [2.45, 2.75) is 74.4 Å². The van der Waals surface area contributed by atoms with Gasteiger partial charge in [-0.3, -0.25) is 0 Å². The lowest BCUT2D eigenvalue weighted by atomic mass is 9.72. The van der Waals surface area contributed by atoms with E-state index in [1.165, 1.54) is 6.26 Å². The summed E-state index contributed by atoms with van der Waals surface area (Å²) in [5, 5.41) is 3.15. The van der Waals surface area contributed by atoms with Crippen molar-refractivity contribution in [1.82, 2.24) is 5.32 Å². The third-order valence-corrected chi connectivity index (χ3v) is 7.11. The normalized spacial score (nSPS) is 47.3. The molecule has 0 aromatic rings. The molecule has 4 atom stereocenters. The standard InChI is InChI=1S/C14H24FNO2S/c1-19(17,18)13-4-2-3-10(7-13)14(15)8-11-5-6-12(9-14)16-11/h10-13,16H,2-9H2,1H3. The van der Waals surface area contributed by atoms with Gasteiger partial charge in [-0.25, -0.2) is 12.8 Å². The largest absolute Gasteiger partial charge is 0.311 e. The van der Waals surface area contributed by atoms with Crippen molar-refractivity contribution in [2.24, 2.45) is 5.92 Å². The minimum atomic E-state index is -3.02. The van der Waals surface area contributed by atoms with Crippen molar-refractivity contribution in [3.05, 3.63) is 0 Å². The molecule has 0 aromatic carbocycles. The molecule has 0 radical (unpaired) electrons. The van der Waals surface area contributed by atoms with Crippen LogP contribution in [-0.2, 0) is 9.84 Å². The van der Waals surface area contributed by atoms with Crippen LogP contribution in [0.1, 0.15) is 51.4 Å². The van der Waals surface area contributed by atoms with Crippen LogP contribution >= 0.6 is 0 Å². The number of nitrogens with one attached hydrogen (secondary N) is 1. The number of hydrogen-bond donors (Lipinski definition) is 1. The van der Waals surface area contributed by atoms with Crippen LogP contribution in [-0.4, -0.2) is 37.7 Å². The Hall–Kier alpha value is -0.160. The second-order valence-electron chi connectivity index (χ2n) is 6.90. The molecule has 0 spiro atoms. The highest BCUT2D eigenvalue weighted by atomic mass is 32.2. The Morgan fingerprint density at radius 1 is 1.11 bits per heavy atom. The van der Waals surface area contributed by atoms with Crippen molar-refractivity contribution in [2.75, 3.05) is 6.26 Å². The topological polar surface area (TPSA) is 46.2 Å². The van der Waals surface area contributed by atoms with Gasteiger partial charge in [-0.1, -0.05) is 6.42 Å².